The lowest BCUT2D eigenvalue weighted by atomic mass is 9.91. The molecular formula is C26H31N5O3. The molecule has 2 aromatic heterocycles. The zero-order valence-corrected chi connectivity index (χ0v) is 19.5. The molecule has 34 heavy (non-hydrogen) atoms. The predicted octanol–water partition coefficient (Wildman–Crippen LogP) is 3.03. The van der Waals surface area contributed by atoms with Crippen molar-refractivity contribution in [1.82, 2.24) is 24.3 Å². The fraction of sp³-hybridized carbons (Fsp3) is 0.500. The number of piperazine rings is 1. The van der Waals surface area contributed by atoms with Crippen molar-refractivity contribution >= 4 is 22.8 Å². The van der Waals surface area contributed by atoms with Crippen molar-refractivity contribution in [1.29, 1.82) is 0 Å². The molecule has 6 rings (SSSR count). The first-order valence-electron chi connectivity index (χ1n) is 12.4. The van der Waals surface area contributed by atoms with Crippen LogP contribution in [0.2, 0.25) is 0 Å². The molecule has 2 N–H and O–H groups in total. The van der Waals surface area contributed by atoms with Crippen molar-refractivity contribution in [3.05, 3.63) is 41.9 Å². The first kappa shape index (κ1) is 21.4. The van der Waals surface area contributed by atoms with Crippen LogP contribution in [-0.4, -0.2) is 73.0 Å². The van der Waals surface area contributed by atoms with Crippen LogP contribution in [0.25, 0.3) is 22.3 Å². The number of aliphatic hydroxyl groups excluding tert-OH is 1. The minimum Gasteiger partial charge on any atom is -0.393 e. The van der Waals surface area contributed by atoms with Gasteiger partial charge in [-0.05, 0) is 74.3 Å². The summed E-state index contributed by atoms with van der Waals surface area (Å²) < 4.78 is 1.88. The van der Waals surface area contributed by atoms with Gasteiger partial charge in [0.25, 0.3) is 5.91 Å². The summed E-state index contributed by atoms with van der Waals surface area (Å²) in [5, 5.41) is 9.78. The first-order chi connectivity index (χ1) is 16.5. The minimum absolute atomic E-state index is 0.0113. The minimum atomic E-state index is -0.247. The van der Waals surface area contributed by atoms with Crippen LogP contribution in [-0.2, 0) is 11.8 Å². The van der Waals surface area contributed by atoms with E-state index in [9.17, 15) is 14.7 Å². The number of aliphatic hydroxyl groups is 1. The summed E-state index contributed by atoms with van der Waals surface area (Å²) in [6.45, 7) is 1.12. The van der Waals surface area contributed by atoms with Crippen molar-refractivity contribution in [2.45, 2.75) is 56.6 Å². The third kappa shape index (κ3) is 3.70. The number of imidazole rings is 1. The van der Waals surface area contributed by atoms with Gasteiger partial charge in [0.2, 0.25) is 5.91 Å². The first-order valence-corrected chi connectivity index (χ1v) is 12.4. The molecule has 8 heteroatoms. The number of H-pyrrole nitrogens is 1. The van der Waals surface area contributed by atoms with Gasteiger partial charge in [-0.1, -0.05) is 0 Å². The van der Waals surface area contributed by atoms with E-state index in [2.05, 4.69) is 17.1 Å². The molecule has 2 amide bonds. The summed E-state index contributed by atoms with van der Waals surface area (Å²) >= 11 is 0. The number of aromatic amines is 1. The number of aryl methyl sites for hydroxylation is 1. The van der Waals surface area contributed by atoms with Crippen LogP contribution in [0.4, 0.5) is 0 Å². The van der Waals surface area contributed by atoms with Gasteiger partial charge in [0.15, 0.2) is 5.82 Å². The van der Waals surface area contributed by atoms with Crippen LogP contribution in [0.1, 0.15) is 60.6 Å². The number of carbonyl (C=O) groups is 2. The quantitative estimate of drug-likeness (QED) is 0.625. The fourth-order valence-corrected chi connectivity index (χ4v) is 5.61. The zero-order chi connectivity index (χ0) is 23.4. The van der Waals surface area contributed by atoms with Gasteiger partial charge in [-0.2, -0.15) is 0 Å². The van der Waals surface area contributed by atoms with Crippen molar-refractivity contribution in [3.8, 4) is 11.3 Å². The Labute approximate surface area is 198 Å². The number of hydrogen-bond acceptors (Lipinski definition) is 4. The van der Waals surface area contributed by atoms with Gasteiger partial charge < -0.3 is 24.5 Å². The summed E-state index contributed by atoms with van der Waals surface area (Å²) in [5.41, 5.74) is 5.05. The molecule has 1 aromatic carbocycles. The Hall–Kier alpha value is -3.13. The highest BCUT2D eigenvalue weighted by molar-refractivity contribution is 6.00. The number of hydrogen-bond donors (Lipinski definition) is 2. The van der Waals surface area contributed by atoms with E-state index in [4.69, 9.17) is 4.98 Å². The van der Waals surface area contributed by atoms with E-state index in [1.165, 1.54) is 18.4 Å². The van der Waals surface area contributed by atoms with Crippen molar-refractivity contribution in [2.24, 2.45) is 7.05 Å². The van der Waals surface area contributed by atoms with Gasteiger partial charge in [-0.15, -0.1) is 0 Å². The van der Waals surface area contributed by atoms with Crippen LogP contribution < -0.4 is 0 Å². The third-order valence-electron chi connectivity index (χ3n) is 7.79. The van der Waals surface area contributed by atoms with Crippen molar-refractivity contribution in [3.63, 3.8) is 0 Å². The highest BCUT2D eigenvalue weighted by atomic mass is 16.3. The Morgan fingerprint density at radius 3 is 2.59 bits per heavy atom. The number of aromatic nitrogens is 3. The summed E-state index contributed by atoms with van der Waals surface area (Å²) in [5.74, 6) is 0.746. The van der Waals surface area contributed by atoms with Crippen molar-refractivity contribution < 1.29 is 14.7 Å². The number of rotatable bonds is 4. The Kier molecular flexibility index (Phi) is 5.21. The smallest absolute Gasteiger partial charge is 0.290 e. The van der Waals surface area contributed by atoms with E-state index in [0.717, 1.165) is 48.0 Å². The molecule has 0 spiro atoms. The molecule has 2 aliphatic carbocycles. The summed E-state index contributed by atoms with van der Waals surface area (Å²) in [4.78, 5) is 38.1. The largest absolute Gasteiger partial charge is 0.393 e. The maximum absolute atomic E-state index is 13.5. The topological polar surface area (TPSA) is 94.5 Å². The Morgan fingerprint density at radius 1 is 1.12 bits per heavy atom. The molecule has 3 fully saturated rings. The lowest BCUT2D eigenvalue weighted by molar-refractivity contribution is -0.138. The normalized spacial score (nSPS) is 23.6. The standard InChI is InChI=1S/C26H31N5O3/c1-29-22-14-17(16-4-5-16)13-20(21-3-2-10-27-21)24(22)28-25(29)26(34)30-11-12-31(23(33)15-30)18-6-8-19(32)9-7-18/h2-3,10,13-14,16,18-19,27,32H,4-9,11-12,15H2,1H3/t18-,19-. The van der Waals surface area contributed by atoms with Gasteiger partial charge in [0.05, 0.1) is 17.1 Å². The van der Waals surface area contributed by atoms with E-state index in [1.54, 1.807) is 4.90 Å². The van der Waals surface area contributed by atoms with Crippen LogP contribution in [0.15, 0.2) is 30.5 Å². The Bertz CT molecular complexity index is 1240. The molecule has 0 atom stereocenters. The maximum atomic E-state index is 13.5. The summed E-state index contributed by atoms with van der Waals surface area (Å²) in [6, 6.07) is 8.55. The van der Waals surface area contributed by atoms with E-state index < -0.39 is 0 Å². The molecule has 8 nitrogen and oxygen atoms in total. The number of fused-ring (bicyclic) bond motifs is 1. The van der Waals surface area contributed by atoms with E-state index in [0.29, 0.717) is 24.8 Å². The van der Waals surface area contributed by atoms with Gasteiger partial charge in [0.1, 0.15) is 6.54 Å². The molecule has 178 valence electrons. The molecule has 3 aromatic rings. The van der Waals surface area contributed by atoms with Gasteiger partial charge in [-0.25, -0.2) is 4.98 Å². The van der Waals surface area contributed by atoms with Crippen LogP contribution in [0, 0.1) is 0 Å². The van der Waals surface area contributed by atoms with E-state index in [-0.39, 0.29) is 30.5 Å². The highest BCUT2D eigenvalue weighted by Gasteiger charge is 2.35. The molecule has 2 saturated carbocycles. The SMILES string of the molecule is Cn1c(C(=O)N2CCN([C@H]3CC[C@H](O)CC3)C(=O)C2)nc2c(-c3ccc[nH]3)cc(C3CC3)cc21. The molecule has 3 heterocycles. The van der Waals surface area contributed by atoms with Gasteiger partial charge in [-0.3, -0.25) is 9.59 Å². The van der Waals surface area contributed by atoms with Crippen molar-refractivity contribution in [2.75, 3.05) is 19.6 Å². The van der Waals surface area contributed by atoms with Crippen LogP contribution in [0.3, 0.4) is 0 Å². The van der Waals surface area contributed by atoms with Gasteiger partial charge >= 0.3 is 0 Å². The lowest BCUT2D eigenvalue weighted by Gasteiger charge is -2.41. The maximum Gasteiger partial charge on any atom is 0.290 e. The Morgan fingerprint density at radius 2 is 1.91 bits per heavy atom. The third-order valence-corrected chi connectivity index (χ3v) is 7.79. The highest BCUT2D eigenvalue weighted by Crippen LogP contribution is 2.43. The second-order valence-electron chi connectivity index (χ2n) is 10.1. The predicted molar refractivity (Wildman–Crippen MR) is 128 cm³/mol. The molecule has 0 radical (unpaired) electrons. The van der Waals surface area contributed by atoms with Crippen LogP contribution >= 0.6 is 0 Å². The monoisotopic (exact) mass is 461 g/mol. The Balaban J connectivity index is 1.28. The number of nitrogens with zero attached hydrogens (tertiary/aromatic N) is 4. The average Bonchev–Trinajstić information content (AvgIpc) is 3.45. The lowest BCUT2D eigenvalue weighted by Crippen LogP contribution is -2.56. The fourth-order valence-electron chi connectivity index (χ4n) is 5.61. The number of benzene rings is 1. The van der Waals surface area contributed by atoms with E-state index >= 15 is 0 Å². The second kappa shape index (κ2) is 8.27. The van der Waals surface area contributed by atoms with Crippen LogP contribution in [0.5, 0.6) is 0 Å². The number of carbonyl (C=O) groups excluding carboxylic acids is 2. The molecule has 1 aliphatic heterocycles. The zero-order valence-electron chi connectivity index (χ0n) is 19.5. The van der Waals surface area contributed by atoms with Gasteiger partial charge in [0, 0.05) is 43.6 Å². The molecule has 0 bridgehead atoms. The number of nitrogens with one attached hydrogen (secondary N) is 1. The average molecular weight is 462 g/mol. The molecule has 3 aliphatic rings. The molecular weight excluding hydrogens is 430 g/mol. The number of amides is 2. The summed E-state index contributed by atoms with van der Waals surface area (Å²) in [7, 11) is 1.89. The molecule has 1 saturated heterocycles. The van der Waals surface area contributed by atoms with E-state index in [1.807, 2.05) is 34.8 Å². The second-order valence-corrected chi connectivity index (χ2v) is 10.1. The summed E-state index contributed by atoms with van der Waals surface area (Å²) in [6.07, 6.45) is 7.19. The molecule has 0 unspecified atom stereocenters.